The quantitative estimate of drug-likeness (QED) is 0.772. The van der Waals surface area contributed by atoms with Crippen LogP contribution in [0.2, 0.25) is 0 Å². The molecule has 128 valence electrons. The van der Waals surface area contributed by atoms with Crippen LogP contribution in [-0.2, 0) is 0 Å². The second-order valence-corrected chi connectivity index (χ2v) is 5.05. The summed E-state index contributed by atoms with van der Waals surface area (Å²) in [6.07, 6.45) is -0.836. The van der Waals surface area contributed by atoms with Crippen molar-refractivity contribution in [3.05, 3.63) is 54.1 Å². The third kappa shape index (κ3) is 4.89. The molecule has 2 aromatic rings. The molecule has 2 rings (SSSR count). The summed E-state index contributed by atoms with van der Waals surface area (Å²) in [6, 6.07) is 13.9. The summed E-state index contributed by atoms with van der Waals surface area (Å²) < 4.78 is 15.7. The van der Waals surface area contributed by atoms with E-state index < -0.39 is 6.10 Å². The number of carbonyl (C=O) groups excluding carboxylic acids is 1. The molecule has 0 fully saturated rings. The molecule has 0 saturated heterocycles. The number of benzene rings is 2. The highest BCUT2D eigenvalue weighted by atomic mass is 16.5. The Morgan fingerprint density at radius 2 is 1.71 bits per heavy atom. The van der Waals surface area contributed by atoms with Crippen LogP contribution in [0.3, 0.4) is 0 Å². The fraction of sp³-hybridized carbons (Fsp3) is 0.278. The van der Waals surface area contributed by atoms with E-state index in [4.69, 9.17) is 14.2 Å². The first-order valence-electron chi connectivity index (χ1n) is 7.50. The van der Waals surface area contributed by atoms with Gasteiger partial charge in [-0.25, -0.2) is 0 Å². The molecule has 1 amide bonds. The van der Waals surface area contributed by atoms with Gasteiger partial charge in [0.15, 0.2) is 11.5 Å². The number of aliphatic hydroxyl groups excluding tert-OH is 1. The number of nitrogens with one attached hydrogen (secondary N) is 1. The Balaban J connectivity index is 1.79. The predicted octanol–water partition coefficient (Wildman–Crippen LogP) is 1.87. The van der Waals surface area contributed by atoms with Crippen molar-refractivity contribution in [3.63, 3.8) is 0 Å². The summed E-state index contributed by atoms with van der Waals surface area (Å²) in [5.74, 6) is 1.54. The number of rotatable bonds is 8. The Bertz CT molecular complexity index is 657. The number of aliphatic hydroxyl groups is 1. The molecular weight excluding hydrogens is 310 g/mol. The second kappa shape index (κ2) is 8.79. The first kappa shape index (κ1) is 17.6. The highest BCUT2D eigenvalue weighted by Gasteiger charge is 2.11. The van der Waals surface area contributed by atoms with E-state index in [1.807, 2.05) is 12.1 Å². The Hall–Kier alpha value is -2.73. The van der Waals surface area contributed by atoms with E-state index in [1.54, 1.807) is 50.6 Å². The summed E-state index contributed by atoms with van der Waals surface area (Å²) >= 11 is 0. The Labute approximate surface area is 141 Å². The minimum absolute atomic E-state index is 0.0449. The number of methoxy groups -OCH3 is 2. The molecule has 6 heteroatoms. The zero-order valence-electron chi connectivity index (χ0n) is 13.7. The van der Waals surface area contributed by atoms with E-state index in [-0.39, 0.29) is 19.1 Å². The van der Waals surface area contributed by atoms with Crippen LogP contribution < -0.4 is 19.5 Å². The molecule has 0 aliphatic carbocycles. The Kier molecular flexibility index (Phi) is 6.45. The molecular formula is C18H21NO5. The van der Waals surface area contributed by atoms with Crippen molar-refractivity contribution in [1.82, 2.24) is 5.32 Å². The average Bonchev–Trinajstić information content (AvgIpc) is 2.64. The molecule has 0 aliphatic heterocycles. The summed E-state index contributed by atoms with van der Waals surface area (Å²) in [4.78, 5) is 12.0. The fourth-order valence-corrected chi connectivity index (χ4v) is 2.04. The lowest BCUT2D eigenvalue weighted by Gasteiger charge is -2.15. The molecule has 0 unspecified atom stereocenters. The smallest absolute Gasteiger partial charge is 0.251 e. The van der Waals surface area contributed by atoms with Gasteiger partial charge in [-0.1, -0.05) is 12.1 Å². The summed E-state index contributed by atoms with van der Waals surface area (Å²) in [5.41, 5.74) is 0.494. The van der Waals surface area contributed by atoms with E-state index in [9.17, 15) is 9.90 Å². The van der Waals surface area contributed by atoms with E-state index in [0.717, 1.165) is 0 Å². The third-order valence-electron chi connectivity index (χ3n) is 3.35. The summed E-state index contributed by atoms with van der Waals surface area (Å²) in [6.45, 7) is 0.128. The van der Waals surface area contributed by atoms with Crippen LogP contribution in [0.1, 0.15) is 10.4 Å². The van der Waals surface area contributed by atoms with E-state index >= 15 is 0 Å². The van der Waals surface area contributed by atoms with Crippen LogP contribution in [-0.4, -0.2) is 44.5 Å². The van der Waals surface area contributed by atoms with Gasteiger partial charge in [-0.15, -0.1) is 0 Å². The number of amides is 1. The Morgan fingerprint density at radius 3 is 2.33 bits per heavy atom. The van der Waals surface area contributed by atoms with Gasteiger partial charge in [0.1, 0.15) is 18.5 Å². The van der Waals surface area contributed by atoms with Crippen molar-refractivity contribution >= 4 is 5.91 Å². The normalized spacial score (nSPS) is 11.5. The standard InChI is InChI=1S/C18H21NO5/c1-22-15-9-7-13(8-10-15)18(21)19-11-14(20)12-24-17-6-4-3-5-16(17)23-2/h3-10,14,20H,11-12H2,1-2H3,(H,19,21)/t14-/m1/s1. The first-order chi connectivity index (χ1) is 11.6. The lowest BCUT2D eigenvalue weighted by atomic mass is 10.2. The van der Waals surface area contributed by atoms with Gasteiger partial charge in [0.25, 0.3) is 5.91 Å². The van der Waals surface area contributed by atoms with Crippen LogP contribution in [0.5, 0.6) is 17.2 Å². The third-order valence-corrected chi connectivity index (χ3v) is 3.35. The summed E-state index contributed by atoms with van der Waals surface area (Å²) in [5, 5.41) is 12.6. The molecule has 24 heavy (non-hydrogen) atoms. The molecule has 1 atom stereocenters. The highest BCUT2D eigenvalue weighted by Crippen LogP contribution is 2.25. The number of ether oxygens (including phenoxy) is 3. The lowest BCUT2D eigenvalue weighted by Crippen LogP contribution is -2.35. The van der Waals surface area contributed by atoms with Gasteiger partial charge < -0.3 is 24.6 Å². The molecule has 2 aromatic carbocycles. The van der Waals surface area contributed by atoms with Crippen LogP contribution in [0.4, 0.5) is 0 Å². The van der Waals surface area contributed by atoms with Crippen molar-refractivity contribution in [1.29, 1.82) is 0 Å². The maximum absolute atomic E-state index is 12.0. The average molecular weight is 331 g/mol. The fourth-order valence-electron chi connectivity index (χ4n) is 2.04. The summed E-state index contributed by atoms with van der Waals surface area (Å²) in [7, 11) is 3.11. The zero-order chi connectivity index (χ0) is 17.4. The van der Waals surface area contributed by atoms with Crippen LogP contribution >= 0.6 is 0 Å². The van der Waals surface area contributed by atoms with E-state index in [2.05, 4.69) is 5.32 Å². The SMILES string of the molecule is COc1ccc(C(=O)NC[C@@H](O)COc2ccccc2OC)cc1. The molecule has 0 spiro atoms. The molecule has 0 aromatic heterocycles. The largest absolute Gasteiger partial charge is 0.497 e. The molecule has 0 saturated carbocycles. The number of para-hydroxylation sites is 2. The van der Waals surface area contributed by atoms with Gasteiger partial charge in [-0.05, 0) is 36.4 Å². The van der Waals surface area contributed by atoms with Crippen LogP contribution in [0.15, 0.2) is 48.5 Å². The van der Waals surface area contributed by atoms with Crippen molar-refractivity contribution < 1.29 is 24.1 Å². The highest BCUT2D eigenvalue weighted by molar-refractivity contribution is 5.94. The van der Waals surface area contributed by atoms with Gasteiger partial charge in [-0.2, -0.15) is 0 Å². The van der Waals surface area contributed by atoms with Gasteiger partial charge in [0, 0.05) is 12.1 Å². The second-order valence-electron chi connectivity index (χ2n) is 5.05. The van der Waals surface area contributed by atoms with Crippen LogP contribution in [0.25, 0.3) is 0 Å². The first-order valence-corrected chi connectivity index (χ1v) is 7.50. The monoisotopic (exact) mass is 331 g/mol. The number of hydrogen-bond acceptors (Lipinski definition) is 5. The molecule has 0 bridgehead atoms. The Morgan fingerprint density at radius 1 is 1.04 bits per heavy atom. The predicted molar refractivity (Wildman–Crippen MR) is 89.8 cm³/mol. The number of hydrogen-bond donors (Lipinski definition) is 2. The molecule has 0 heterocycles. The number of carbonyl (C=O) groups is 1. The maximum Gasteiger partial charge on any atom is 0.251 e. The van der Waals surface area contributed by atoms with Crippen molar-refractivity contribution in [3.8, 4) is 17.2 Å². The van der Waals surface area contributed by atoms with Crippen molar-refractivity contribution in [2.45, 2.75) is 6.10 Å². The maximum atomic E-state index is 12.0. The molecule has 6 nitrogen and oxygen atoms in total. The minimum atomic E-state index is -0.836. The van der Waals surface area contributed by atoms with Gasteiger partial charge in [-0.3, -0.25) is 4.79 Å². The van der Waals surface area contributed by atoms with Crippen molar-refractivity contribution in [2.24, 2.45) is 0 Å². The van der Waals surface area contributed by atoms with Crippen LogP contribution in [0, 0.1) is 0 Å². The zero-order valence-corrected chi connectivity index (χ0v) is 13.7. The molecule has 2 N–H and O–H groups in total. The topological polar surface area (TPSA) is 77.0 Å². The molecule has 0 radical (unpaired) electrons. The van der Waals surface area contributed by atoms with Crippen molar-refractivity contribution in [2.75, 3.05) is 27.4 Å². The minimum Gasteiger partial charge on any atom is -0.497 e. The van der Waals surface area contributed by atoms with Gasteiger partial charge >= 0.3 is 0 Å². The van der Waals surface area contributed by atoms with Gasteiger partial charge in [0.2, 0.25) is 0 Å². The van der Waals surface area contributed by atoms with E-state index in [0.29, 0.717) is 22.8 Å². The van der Waals surface area contributed by atoms with Gasteiger partial charge in [0.05, 0.1) is 14.2 Å². The lowest BCUT2D eigenvalue weighted by molar-refractivity contribution is 0.0839. The molecule has 0 aliphatic rings. The van der Waals surface area contributed by atoms with E-state index in [1.165, 1.54) is 0 Å².